The van der Waals surface area contributed by atoms with Gasteiger partial charge in [-0.3, -0.25) is 4.98 Å². The molecule has 0 aliphatic heterocycles. The van der Waals surface area contributed by atoms with Crippen molar-refractivity contribution in [2.45, 2.75) is 19.8 Å². The van der Waals surface area contributed by atoms with Gasteiger partial charge in [0.25, 0.3) is 0 Å². The zero-order valence-electron chi connectivity index (χ0n) is 8.23. The molecular weight excluding hydrogens is 176 g/mol. The van der Waals surface area contributed by atoms with Crippen LogP contribution in [0.25, 0.3) is 11.4 Å². The predicted molar refractivity (Wildman–Crippen MR) is 53.7 cm³/mol. The number of H-pyrrole nitrogens is 1. The summed E-state index contributed by atoms with van der Waals surface area (Å²) in [5.41, 5.74) is 2.86. The summed E-state index contributed by atoms with van der Waals surface area (Å²) in [6.45, 7) is 4.29. The first-order valence-corrected chi connectivity index (χ1v) is 4.59. The molecule has 14 heavy (non-hydrogen) atoms. The topological polar surface area (TPSA) is 54.5 Å². The van der Waals surface area contributed by atoms with Crippen LogP contribution >= 0.6 is 0 Å². The molecule has 2 aromatic rings. The standard InChI is InChI=1S/C10H12N4/c1-7(2)8-3-4-9(11-5-8)10-6-12-14-13-10/h3-7H,1-2H3,(H,12,13,14). The number of hydrogen-bond acceptors (Lipinski definition) is 3. The predicted octanol–water partition coefficient (Wildman–Crippen LogP) is 1.99. The van der Waals surface area contributed by atoms with Crippen LogP contribution < -0.4 is 0 Å². The Hall–Kier alpha value is -1.71. The van der Waals surface area contributed by atoms with Crippen LogP contribution in [0.3, 0.4) is 0 Å². The van der Waals surface area contributed by atoms with Crippen molar-refractivity contribution in [3.63, 3.8) is 0 Å². The van der Waals surface area contributed by atoms with Crippen molar-refractivity contribution in [2.75, 3.05) is 0 Å². The summed E-state index contributed by atoms with van der Waals surface area (Å²) in [4.78, 5) is 4.32. The van der Waals surface area contributed by atoms with E-state index < -0.39 is 0 Å². The molecule has 1 N–H and O–H groups in total. The maximum atomic E-state index is 4.32. The summed E-state index contributed by atoms with van der Waals surface area (Å²) in [5.74, 6) is 0.508. The molecule has 0 spiro atoms. The second kappa shape index (κ2) is 3.57. The van der Waals surface area contributed by atoms with Crippen molar-refractivity contribution < 1.29 is 0 Å². The van der Waals surface area contributed by atoms with Crippen molar-refractivity contribution in [2.24, 2.45) is 0 Å². The van der Waals surface area contributed by atoms with Crippen LogP contribution in [0, 0.1) is 0 Å². The molecule has 0 unspecified atom stereocenters. The Bertz CT molecular complexity index is 389. The van der Waals surface area contributed by atoms with Crippen LogP contribution in [0.5, 0.6) is 0 Å². The number of hydrogen-bond donors (Lipinski definition) is 1. The highest BCUT2D eigenvalue weighted by Crippen LogP contribution is 2.17. The molecule has 0 aliphatic carbocycles. The molecular formula is C10H12N4. The van der Waals surface area contributed by atoms with E-state index in [1.165, 1.54) is 5.56 Å². The average molecular weight is 188 g/mol. The molecule has 4 heteroatoms. The van der Waals surface area contributed by atoms with E-state index in [0.717, 1.165) is 11.4 Å². The van der Waals surface area contributed by atoms with Gasteiger partial charge in [0.2, 0.25) is 0 Å². The summed E-state index contributed by atoms with van der Waals surface area (Å²) in [5, 5.41) is 10.3. The Balaban J connectivity index is 2.31. The summed E-state index contributed by atoms with van der Waals surface area (Å²) in [7, 11) is 0. The SMILES string of the molecule is CC(C)c1ccc(-c2cn[nH]n2)nc1. The van der Waals surface area contributed by atoms with E-state index in [0.29, 0.717) is 5.92 Å². The first-order chi connectivity index (χ1) is 6.77. The fourth-order valence-corrected chi connectivity index (χ4v) is 1.22. The van der Waals surface area contributed by atoms with Gasteiger partial charge in [0, 0.05) is 6.20 Å². The number of rotatable bonds is 2. The van der Waals surface area contributed by atoms with Gasteiger partial charge in [0.05, 0.1) is 11.9 Å². The Morgan fingerprint density at radius 1 is 1.14 bits per heavy atom. The lowest BCUT2D eigenvalue weighted by Gasteiger charge is -2.03. The molecule has 2 rings (SSSR count). The third-order valence-electron chi connectivity index (χ3n) is 2.13. The second-order valence-corrected chi connectivity index (χ2v) is 3.49. The second-order valence-electron chi connectivity index (χ2n) is 3.49. The number of aromatic nitrogens is 4. The fourth-order valence-electron chi connectivity index (χ4n) is 1.22. The minimum atomic E-state index is 0.508. The summed E-state index contributed by atoms with van der Waals surface area (Å²) < 4.78 is 0. The van der Waals surface area contributed by atoms with Crippen LogP contribution in [0.4, 0.5) is 0 Å². The Morgan fingerprint density at radius 2 is 2.00 bits per heavy atom. The number of pyridine rings is 1. The average Bonchev–Trinajstić information content (AvgIpc) is 2.71. The van der Waals surface area contributed by atoms with E-state index >= 15 is 0 Å². The maximum Gasteiger partial charge on any atom is 0.131 e. The van der Waals surface area contributed by atoms with Crippen molar-refractivity contribution in [1.82, 2.24) is 20.4 Å². The minimum Gasteiger partial charge on any atom is -0.254 e. The van der Waals surface area contributed by atoms with E-state index in [9.17, 15) is 0 Å². The lowest BCUT2D eigenvalue weighted by atomic mass is 10.1. The van der Waals surface area contributed by atoms with Crippen LogP contribution in [0.15, 0.2) is 24.5 Å². The van der Waals surface area contributed by atoms with Gasteiger partial charge >= 0.3 is 0 Å². The third-order valence-corrected chi connectivity index (χ3v) is 2.13. The molecule has 0 atom stereocenters. The molecule has 0 fully saturated rings. The van der Waals surface area contributed by atoms with Gasteiger partial charge in [-0.1, -0.05) is 19.9 Å². The molecule has 2 heterocycles. The largest absolute Gasteiger partial charge is 0.254 e. The molecule has 0 saturated carbocycles. The molecule has 0 amide bonds. The summed E-state index contributed by atoms with van der Waals surface area (Å²) >= 11 is 0. The third kappa shape index (κ3) is 1.64. The maximum absolute atomic E-state index is 4.32. The van der Waals surface area contributed by atoms with Crippen molar-refractivity contribution in [3.8, 4) is 11.4 Å². The first-order valence-electron chi connectivity index (χ1n) is 4.59. The summed E-state index contributed by atoms with van der Waals surface area (Å²) in [6.07, 6.45) is 3.55. The highest BCUT2D eigenvalue weighted by molar-refractivity contribution is 5.51. The monoisotopic (exact) mass is 188 g/mol. The number of nitrogens with zero attached hydrogens (tertiary/aromatic N) is 3. The lowest BCUT2D eigenvalue weighted by molar-refractivity contribution is 0.858. The fraction of sp³-hybridized carbons (Fsp3) is 0.300. The molecule has 72 valence electrons. The van der Waals surface area contributed by atoms with Crippen molar-refractivity contribution >= 4 is 0 Å². The molecule has 0 aliphatic rings. The van der Waals surface area contributed by atoms with E-state index in [2.05, 4.69) is 40.3 Å². The zero-order chi connectivity index (χ0) is 9.97. The Morgan fingerprint density at radius 3 is 2.50 bits per heavy atom. The van der Waals surface area contributed by atoms with Crippen LogP contribution in [0.1, 0.15) is 25.3 Å². The number of nitrogens with one attached hydrogen (secondary N) is 1. The molecule has 0 radical (unpaired) electrons. The molecule has 0 aromatic carbocycles. The van der Waals surface area contributed by atoms with E-state index in [1.54, 1.807) is 6.20 Å². The Kier molecular flexibility index (Phi) is 2.26. The Labute approximate surface area is 82.4 Å². The molecule has 2 aromatic heterocycles. The van der Waals surface area contributed by atoms with Gasteiger partial charge in [-0.05, 0) is 17.5 Å². The molecule has 0 saturated heterocycles. The highest BCUT2D eigenvalue weighted by atomic mass is 15.3. The molecule has 4 nitrogen and oxygen atoms in total. The van der Waals surface area contributed by atoms with Crippen molar-refractivity contribution in [1.29, 1.82) is 0 Å². The van der Waals surface area contributed by atoms with E-state index in [4.69, 9.17) is 0 Å². The molecule has 0 bridgehead atoms. The highest BCUT2D eigenvalue weighted by Gasteiger charge is 2.03. The van der Waals surface area contributed by atoms with Crippen LogP contribution in [-0.2, 0) is 0 Å². The lowest BCUT2D eigenvalue weighted by Crippen LogP contribution is -1.90. The van der Waals surface area contributed by atoms with Gasteiger partial charge in [-0.2, -0.15) is 15.4 Å². The van der Waals surface area contributed by atoms with Gasteiger partial charge < -0.3 is 0 Å². The minimum absolute atomic E-state index is 0.508. The van der Waals surface area contributed by atoms with Crippen LogP contribution in [0.2, 0.25) is 0 Å². The van der Waals surface area contributed by atoms with E-state index in [-0.39, 0.29) is 0 Å². The normalized spacial score (nSPS) is 10.8. The van der Waals surface area contributed by atoms with Gasteiger partial charge in [0.15, 0.2) is 0 Å². The summed E-state index contributed by atoms with van der Waals surface area (Å²) in [6, 6.07) is 4.04. The van der Waals surface area contributed by atoms with Gasteiger partial charge in [-0.25, -0.2) is 0 Å². The van der Waals surface area contributed by atoms with Gasteiger partial charge in [0.1, 0.15) is 5.69 Å². The van der Waals surface area contributed by atoms with Crippen LogP contribution in [-0.4, -0.2) is 20.4 Å². The van der Waals surface area contributed by atoms with Gasteiger partial charge in [-0.15, -0.1) is 0 Å². The number of aromatic amines is 1. The van der Waals surface area contributed by atoms with E-state index in [1.807, 2.05) is 12.3 Å². The quantitative estimate of drug-likeness (QED) is 0.784. The zero-order valence-corrected chi connectivity index (χ0v) is 8.23. The smallest absolute Gasteiger partial charge is 0.131 e. The first kappa shape index (κ1) is 8.87. The van der Waals surface area contributed by atoms with Crippen molar-refractivity contribution in [3.05, 3.63) is 30.1 Å².